The lowest BCUT2D eigenvalue weighted by atomic mass is 10.5. The van der Waals surface area contributed by atoms with E-state index in [2.05, 4.69) is 10.0 Å². The van der Waals surface area contributed by atoms with Crippen molar-refractivity contribution in [1.29, 1.82) is 0 Å². The van der Waals surface area contributed by atoms with E-state index in [0.717, 1.165) is 0 Å². The summed E-state index contributed by atoms with van der Waals surface area (Å²) in [7, 11) is 0. The lowest BCUT2D eigenvalue weighted by Crippen LogP contribution is -2.01. The van der Waals surface area contributed by atoms with Crippen LogP contribution < -0.4 is 0 Å². The predicted octanol–water partition coefficient (Wildman–Crippen LogP) is 0.696. The Morgan fingerprint density at radius 3 is 2.90 bits per heavy atom. The van der Waals surface area contributed by atoms with Gasteiger partial charge in [0.15, 0.2) is 0 Å². The van der Waals surface area contributed by atoms with E-state index in [1.165, 1.54) is 0 Å². The maximum atomic E-state index is 8.26. The molecule has 0 aromatic rings. The van der Waals surface area contributed by atoms with Crippen molar-refractivity contribution in [2.24, 2.45) is 5.11 Å². The third-order valence-corrected chi connectivity index (χ3v) is 0.846. The topological polar surface area (TPSA) is 78.2 Å². The molecule has 0 aliphatic rings. The fourth-order valence-corrected chi connectivity index (χ4v) is 0.449. The lowest BCUT2D eigenvalue weighted by molar-refractivity contribution is 0.0917. The van der Waals surface area contributed by atoms with Gasteiger partial charge in [0.05, 0.1) is 13.2 Å². The van der Waals surface area contributed by atoms with Gasteiger partial charge in [-0.1, -0.05) is 5.11 Å². The second-order valence-electron chi connectivity index (χ2n) is 1.64. The van der Waals surface area contributed by atoms with Gasteiger partial charge in [-0.25, -0.2) is 0 Å². The van der Waals surface area contributed by atoms with Crippen LogP contribution in [0, 0.1) is 0 Å². The van der Waals surface area contributed by atoms with E-state index in [-0.39, 0.29) is 6.61 Å². The molecule has 10 heavy (non-hydrogen) atoms. The van der Waals surface area contributed by atoms with Gasteiger partial charge in [0, 0.05) is 18.1 Å². The third kappa shape index (κ3) is 7.23. The van der Waals surface area contributed by atoms with Crippen LogP contribution in [0.3, 0.4) is 0 Å². The van der Waals surface area contributed by atoms with Crippen molar-refractivity contribution in [3.8, 4) is 0 Å². The zero-order valence-electron chi connectivity index (χ0n) is 5.73. The van der Waals surface area contributed by atoms with Crippen LogP contribution in [-0.2, 0) is 4.74 Å². The monoisotopic (exact) mass is 145 g/mol. The van der Waals surface area contributed by atoms with Gasteiger partial charge in [-0.2, -0.15) is 0 Å². The number of nitrogens with zero attached hydrogens (tertiary/aromatic N) is 3. The minimum absolute atomic E-state index is 0.0432. The number of hydrogen-bond donors (Lipinski definition) is 1. The van der Waals surface area contributed by atoms with Crippen LogP contribution in [0.5, 0.6) is 0 Å². The summed E-state index contributed by atoms with van der Waals surface area (Å²) in [5.74, 6) is 0. The van der Waals surface area contributed by atoms with Crippen LogP contribution in [0.2, 0.25) is 0 Å². The summed E-state index contributed by atoms with van der Waals surface area (Å²) in [5.41, 5.74) is 7.85. The molecule has 1 N–H and O–H groups in total. The number of aliphatic hydroxyl groups excluding tert-OH is 1. The first-order chi connectivity index (χ1) is 4.91. The SMILES string of the molecule is [N-]=[N+]=NCCCOCCO. The van der Waals surface area contributed by atoms with Crippen molar-refractivity contribution in [2.45, 2.75) is 6.42 Å². The Morgan fingerprint density at radius 2 is 2.30 bits per heavy atom. The van der Waals surface area contributed by atoms with Gasteiger partial charge >= 0.3 is 0 Å². The smallest absolute Gasteiger partial charge is 0.0697 e. The summed E-state index contributed by atoms with van der Waals surface area (Å²) >= 11 is 0. The Labute approximate surface area is 59.2 Å². The van der Waals surface area contributed by atoms with Crippen LogP contribution in [0.1, 0.15) is 6.42 Å². The Hall–Kier alpha value is -0.770. The van der Waals surface area contributed by atoms with E-state index in [1.807, 2.05) is 0 Å². The maximum Gasteiger partial charge on any atom is 0.0697 e. The first kappa shape index (κ1) is 9.23. The van der Waals surface area contributed by atoms with E-state index in [4.69, 9.17) is 15.4 Å². The summed E-state index contributed by atoms with van der Waals surface area (Å²) in [6.07, 6.45) is 0.712. The average molecular weight is 145 g/mol. The van der Waals surface area contributed by atoms with Crippen molar-refractivity contribution in [3.63, 3.8) is 0 Å². The summed E-state index contributed by atoms with van der Waals surface area (Å²) in [6, 6.07) is 0. The third-order valence-electron chi connectivity index (χ3n) is 0.846. The van der Waals surface area contributed by atoms with E-state index < -0.39 is 0 Å². The van der Waals surface area contributed by atoms with Crippen LogP contribution in [0.25, 0.3) is 10.4 Å². The molecule has 0 rings (SSSR count). The molecule has 0 aliphatic heterocycles. The molecule has 0 radical (unpaired) electrons. The van der Waals surface area contributed by atoms with Crippen LogP contribution in [0.15, 0.2) is 5.11 Å². The Morgan fingerprint density at radius 1 is 1.50 bits per heavy atom. The molecule has 0 atom stereocenters. The number of azide groups is 1. The molecule has 5 nitrogen and oxygen atoms in total. The molecule has 0 aliphatic carbocycles. The molecule has 0 amide bonds. The molecule has 0 fully saturated rings. The van der Waals surface area contributed by atoms with Crippen molar-refractivity contribution in [3.05, 3.63) is 10.4 Å². The van der Waals surface area contributed by atoms with Crippen molar-refractivity contribution < 1.29 is 9.84 Å². The highest BCUT2D eigenvalue weighted by molar-refractivity contribution is 4.45. The summed E-state index contributed by atoms with van der Waals surface area (Å²) in [4.78, 5) is 2.57. The van der Waals surface area contributed by atoms with Crippen molar-refractivity contribution >= 4 is 0 Å². The molecule has 0 unspecified atom stereocenters. The standard InChI is InChI=1S/C5H11N3O2/c6-8-7-2-1-4-10-5-3-9/h9H,1-5H2. The summed E-state index contributed by atoms with van der Waals surface area (Å²) in [6.45, 7) is 1.40. The highest BCUT2D eigenvalue weighted by Crippen LogP contribution is 1.83. The molecular weight excluding hydrogens is 134 g/mol. The van der Waals surface area contributed by atoms with Gasteiger partial charge in [-0.15, -0.1) is 0 Å². The fourth-order valence-electron chi connectivity index (χ4n) is 0.449. The van der Waals surface area contributed by atoms with Gasteiger partial charge in [-0.05, 0) is 12.0 Å². The molecule has 0 saturated heterocycles. The van der Waals surface area contributed by atoms with E-state index in [9.17, 15) is 0 Å². The van der Waals surface area contributed by atoms with Crippen LogP contribution in [0.4, 0.5) is 0 Å². The van der Waals surface area contributed by atoms with Crippen molar-refractivity contribution in [1.82, 2.24) is 0 Å². The van der Waals surface area contributed by atoms with Gasteiger partial charge in [-0.3, -0.25) is 0 Å². The summed E-state index contributed by atoms with van der Waals surface area (Å²) < 4.78 is 4.90. The van der Waals surface area contributed by atoms with E-state index >= 15 is 0 Å². The lowest BCUT2D eigenvalue weighted by Gasteiger charge is -1.97. The summed E-state index contributed by atoms with van der Waals surface area (Å²) in [5, 5.41) is 11.6. The molecule has 5 heteroatoms. The number of ether oxygens (including phenoxy) is 1. The molecular formula is C5H11N3O2. The van der Waals surface area contributed by atoms with E-state index in [1.54, 1.807) is 0 Å². The quantitative estimate of drug-likeness (QED) is 0.258. The minimum atomic E-state index is 0.0432. The molecule has 0 heterocycles. The number of rotatable bonds is 6. The van der Waals surface area contributed by atoms with Crippen LogP contribution >= 0.6 is 0 Å². The predicted molar refractivity (Wildman–Crippen MR) is 36.5 cm³/mol. The van der Waals surface area contributed by atoms with Gasteiger partial charge in [0.1, 0.15) is 0 Å². The maximum absolute atomic E-state index is 8.26. The molecule has 0 spiro atoms. The highest BCUT2D eigenvalue weighted by atomic mass is 16.5. The highest BCUT2D eigenvalue weighted by Gasteiger charge is 1.84. The minimum Gasteiger partial charge on any atom is -0.394 e. The fraction of sp³-hybridized carbons (Fsp3) is 1.00. The van der Waals surface area contributed by atoms with Crippen molar-refractivity contribution in [2.75, 3.05) is 26.4 Å². The van der Waals surface area contributed by atoms with Gasteiger partial charge in [0.2, 0.25) is 0 Å². The van der Waals surface area contributed by atoms with Gasteiger partial charge < -0.3 is 9.84 Å². The normalized spacial score (nSPS) is 8.90. The van der Waals surface area contributed by atoms with Gasteiger partial charge in [0.25, 0.3) is 0 Å². The Bertz CT molecular complexity index is 111. The van der Waals surface area contributed by atoms with E-state index in [0.29, 0.717) is 26.2 Å². The average Bonchev–Trinajstić information content (AvgIpc) is 1.97. The second kappa shape index (κ2) is 8.23. The first-order valence-corrected chi connectivity index (χ1v) is 3.11. The number of hydrogen-bond acceptors (Lipinski definition) is 3. The second-order valence-corrected chi connectivity index (χ2v) is 1.64. The zero-order chi connectivity index (χ0) is 7.66. The molecule has 0 saturated carbocycles. The Balaban J connectivity index is 2.83. The molecule has 58 valence electrons. The zero-order valence-corrected chi connectivity index (χ0v) is 5.73. The largest absolute Gasteiger partial charge is 0.394 e. The molecule has 0 bridgehead atoms. The molecule has 0 aromatic heterocycles. The molecule has 0 aromatic carbocycles. The van der Waals surface area contributed by atoms with Crippen LogP contribution in [-0.4, -0.2) is 31.5 Å². The number of aliphatic hydroxyl groups is 1. The Kier molecular flexibility index (Phi) is 7.60. The first-order valence-electron chi connectivity index (χ1n) is 3.11.